The van der Waals surface area contributed by atoms with Gasteiger partial charge in [-0.05, 0) is 12.1 Å². The number of carbonyl (C=O) groups excluding carboxylic acids is 1. The highest BCUT2D eigenvalue weighted by molar-refractivity contribution is 7.90. The minimum absolute atomic E-state index is 0.0827. The van der Waals surface area contributed by atoms with E-state index in [0.717, 1.165) is 6.26 Å². The van der Waals surface area contributed by atoms with Crippen LogP contribution in [0.4, 0.5) is 0 Å². The van der Waals surface area contributed by atoms with Crippen LogP contribution in [0.25, 0.3) is 5.69 Å². The number of hydrogen-bond acceptors (Lipinski definition) is 4. The van der Waals surface area contributed by atoms with Crippen molar-refractivity contribution in [2.75, 3.05) is 6.26 Å². The second-order valence-electron chi connectivity index (χ2n) is 3.68. The Labute approximate surface area is 109 Å². The molecule has 5 nitrogen and oxygen atoms in total. The molecule has 2 aromatic rings. The third-order valence-electron chi connectivity index (χ3n) is 2.38. The molecule has 1 aromatic carbocycles. The first-order chi connectivity index (χ1) is 8.43. The molecule has 0 N–H and O–H groups in total. The van der Waals surface area contributed by atoms with Crippen LogP contribution < -0.4 is 0 Å². The summed E-state index contributed by atoms with van der Waals surface area (Å²) in [7, 11) is -3.32. The maximum Gasteiger partial charge on any atom is 0.178 e. The summed E-state index contributed by atoms with van der Waals surface area (Å²) >= 11 is 5.89. The molecule has 1 heterocycles. The van der Waals surface area contributed by atoms with Gasteiger partial charge in [0.15, 0.2) is 16.1 Å². The van der Waals surface area contributed by atoms with Gasteiger partial charge in [0.1, 0.15) is 4.90 Å². The maximum atomic E-state index is 11.3. The van der Waals surface area contributed by atoms with Gasteiger partial charge < -0.3 is 0 Å². The van der Waals surface area contributed by atoms with E-state index in [-0.39, 0.29) is 10.5 Å². The van der Waals surface area contributed by atoms with Crippen LogP contribution in [-0.2, 0) is 9.84 Å². The Balaban J connectivity index is 2.60. The van der Waals surface area contributed by atoms with E-state index in [1.165, 1.54) is 17.1 Å². The number of benzene rings is 1. The normalized spacial score (nSPS) is 11.4. The first-order valence-electron chi connectivity index (χ1n) is 4.92. The fraction of sp³-hybridized carbons (Fsp3) is 0.0909. The number of carbonyl (C=O) groups is 1. The molecule has 0 saturated carbocycles. The van der Waals surface area contributed by atoms with Gasteiger partial charge >= 0.3 is 0 Å². The van der Waals surface area contributed by atoms with Crippen LogP contribution in [-0.4, -0.2) is 30.7 Å². The van der Waals surface area contributed by atoms with E-state index >= 15 is 0 Å². The third kappa shape index (κ3) is 2.30. The van der Waals surface area contributed by atoms with Gasteiger partial charge in [-0.25, -0.2) is 13.1 Å². The predicted octanol–water partition coefficient (Wildman–Crippen LogP) is 1.74. The van der Waals surface area contributed by atoms with Crippen molar-refractivity contribution in [3.05, 3.63) is 41.2 Å². The van der Waals surface area contributed by atoms with Gasteiger partial charge in [0.05, 0.1) is 22.5 Å². The van der Waals surface area contributed by atoms with Crippen molar-refractivity contribution in [1.29, 1.82) is 0 Å². The van der Waals surface area contributed by atoms with Crippen molar-refractivity contribution in [3.8, 4) is 5.69 Å². The summed E-state index contributed by atoms with van der Waals surface area (Å²) in [6.45, 7) is 0. The van der Waals surface area contributed by atoms with Gasteiger partial charge in [0.25, 0.3) is 0 Å². The molecule has 0 bridgehead atoms. The lowest BCUT2D eigenvalue weighted by atomic mass is 10.2. The molecule has 0 radical (unpaired) electrons. The zero-order valence-electron chi connectivity index (χ0n) is 9.37. The molecule has 0 aliphatic carbocycles. The average molecular weight is 285 g/mol. The van der Waals surface area contributed by atoms with Gasteiger partial charge in [-0.15, -0.1) is 0 Å². The topological polar surface area (TPSA) is 69.0 Å². The molecule has 0 aliphatic rings. The van der Waals surface area contributed by atoms with Crippen molar-refractivity contribution < 1.29 is 13.2 Å². The molecule has 94 valence electrons. The average Bonchev–Trinajstić information content (AvgIpc) is 2.77. The monoisotopic (exact) mass is 284 g/mol. The number of nitrogens with zero attached hydrogens (tertiary/aromatic N) is 2. The van der Waals surface area contributed by atoms with Gasteiger partial charge in [-0.3, -0.25) is 4.79 Å². The lowest BCUT2D eigenvalue weighted by Gasteiger charge is -2.05. The number of aromatic nitrogens is 2. The third-order valence-corrected chi connectivity index (χ3v) is 3.78. The van der Waals surface area contributed by atoms with Crippen molar-refractivity contribution in [1.82, 2.24) is 9.78 Å². The molecule has 0 atom stereocenters. The van der Waals surface area contributed by atoms with Gasteiger partial charge in [-0.2, -0.15) is 5.10 Å². The Kier molecular flexibility index (Phi) is 3.23. The zero-order chi connectivity index (χ0) is 13.3. The van der Waals surface area contributed by atoms with E-state index in [2.05, 4.69) is 5.10 Å². The van der Waals surface area contributed by atoms with Gasteiger partial charge in [-0.1, -0.05) is 17.7 Å². The highest BCUT2D eigenvalue weighted by Gasteiger charge is 2.13. The quantitative estimate of drug-likeness (QED) is 0.805. The van der Waals surface area contributed by atoms with Crippen molar-refractivity contribution in [2.24, 2.45) is 0 Å². The number of halogens is 1. The predicted molar refractivity (Wildman–Crippen MR) is 67.1 cm³/mol. The Morgan fingerprint density at radius 1 is 1.39 bits per heavy atom. The lowest BCUT2D eigenvalue weighted by molar-refractivity contribution is 0.112. The first-order valence-corrected chi connectivity index (χ1v) is 7.19. The van der Waals surface area contributed by atoms with Crippen molar-refractivity contribution in [3.63, 3.8) is 0 Å². The number of aldehydes is 1. The van der Waals surface area contributed by atoms with Crippen LogP contribution in [0.3, 0.4) is 0 Å². The van der Waals surface area contributed by atoms with Crippen LogP contribution in [0, 0.1) is 0 Å². The molecule has 18 heavy (non-hydrogen) atoms. The summed E-state index contributed by atoms with van der Waals surface area (Å²) in [6, 6.07) is 4.87. The van der Waals surface area contributed by atoms with E-state index in [9.17, 15) is 13.2 Å². The fourth-order valence-corrected chi connectivity index (χ4v) is 2.22. The maximum absolute atomic E-state index is 11.3. The van der Waals surface area contributed by atoms with Crippen molar-refractivity contribution >= 4 is 27.7 Å². The summed E-state index contributed by atoms with van der Waals surface area (Å²) in [4.78, 5) is 11.1. The Bertz CT molecular complexity index is 707. The highest BCUT2D eigenvalue weighted by atomic mass is 35.5. The number of hydrogen-bond donors (Lipinski definition) is 0. The Morgan fingerprint density at radius 3 is 2.67 bits per heavy atom. The second kappa shape index (κ2) is 4.55. The fourth-order valence-electron chi connectivity index (χ4n) is 1.47. The summed E-state index contributed by atoms with van der Waals surface area (Å²) in [5, 5.41) is 4.21. The smallest absolute Gasteiger partial charge is 0.178 e. The molecule has 0 saturated heterocycles. The van der Waals surface area contributed by atoms with Gasteiger partial charge in [0.2, 0.25) is 0 Å². The molecule has 0 aliphatic heterocycles. The second-order valence-corrected chi connectivity index (χ2v) is 6.11. The van der Waals surface area contributed by atoms with Crippen LogP contribution in [0.2, 0.25) is 5.02 Å². The lowest BCUT2D eigenvalue weighted by Crippen LogP contribution is -2.00. The SMILES string of the molecule is CS(=O)(=O)c1cnn(-c2cccc(Cl)c2C=O)c1. The Hall–Kier alpha value is -1.66. The minimum atomic E-state index is -3.32. The van der Waals surface area contributed by atoms with Gasteiger partial charge in [0, 0.05) is 12.5 Å². The molecule has 0 amide bonds. The Morgan fingerprint density at radius 2 is 2.11 bits per heavy atom. The standard InChI is InChI=1S/C11H9ClN2O3S/c1-18(16,17)8-5-13-14(6-8)11-4-2-3-10(12)9(11)7-15/h2-7H,1H3. The molecule has 0 unspecified atom stereocenters. The summed E-state index contributed by atoms with van der Waals surface area (Å²) in [5.41, 5.74) is 0.703. The number of rotatable bonds is 3. The molecule has 1 aromatic heterocycles. The minimum Gasteiger partial charge on any atom is -0.298 e. The first kappa shape index (κ1) is 12.8. The highest BCUT2D eigenvalue weighted by Crippen LogP contribution is 2.22. The van der Waals surface area contributed by atoms with E-state index < -0.39 is 9.84 Å². The van der Waals surface area contributed by atoms with Crippen LogP contribution in [0.1, 0.15) is 10.4 Å². The molecular formula is C11H9ClN2O3S. The summed E-state index contributed by atoms with van der Waals surface area (Å²) in [5.74, 6) is 0. The summed E-state index contributed by atoms with van der Waals surface area (Å²) < 4.78 is 24.0. The van der Waals surface area contributed by atoms with E-state index in [4.69, 9.17) is 11.6 Å². The van der Waals surface area contributed by atoms with Crippen LogP contribution in [0.15, 0.2) is 35.5 Å². The molecule has 2 rings (SSSR count). The zero-order valence-corrected chi connectivity index (χ0v) is 10.9. The molecule has 0 spiro atoms. The molecular weight excluding hydrogens is 276 g/mol. The van der Waals surface area contributed by atoms with Crippen LogP contribution in [0.5, 0.6) is 0 Å². The number of sulfone groups is 1. The van der Waals surface area contributed by atoms with Crippen LogP contribution >= 0.6 is 11.6 Å². The summed E-state index contributed by atoms with van der Waals surface area (Å²) in [6.07, 6.45) is 4.27. The van der Waals surface area contributed by atoms with E-state index in [1.807, 2.05) is 0 Å². The van der Waals surface area contributed by atoms with Crippen molar-refractivity contribution in [2.45, 2.75) is 4.90 Å². The van der Waals surface area contributed by atoms with E-state index in [1.54, 1.807) is 18.2 Å². The largest absolute Gasteiger partial charge is 0.298 e. The molecule has 0 fully saturated rings. The van der Waals surface area contributed by atoms with E-state index in [0.29, 0.717) is 17.0 Å². The molecule has 7 heteroatoms.